The standard InChI is InChI=1S/C62H41N/c1-61(2)55-24-12-9-21-47(55)50-31-29-41(34-58(50)61)63(40-28-27-38-15-3-4-16-39(38)33-40)42-30-32-51-48-22-10-13-25-56(48)62(59(51)35-42)57-26-14-11-23-49(57)54-36-52-45-19-7-5-17-43(45)44-18-6-8-20-46(44)53(52)37-60(54)62/h3-37H,1-2H3. The molecule has 0 heterocycles. The van der Waals surface area contributed by atoms with Gasteiger partial charge in [0.2, 0.25) is 0 Å². The molecule has 0 fully saturated rings. The Morgan fingerprint density at radius 1 is 0.270 bits per heavy atom. The van der Waals surface area contributed by atoms with Gasteiger partial charge in [0.25, 0.3) is 0 Å². The van der Waals surface area contributed by atoms with E-state index in [1.165, 1.54) is 110 Å². The van der Waals surface area contributed by atoms with Gasteiger partial charge in [0.15, 0.2) is 0 Å². The first-order valence-corrected chi connectivity index (χ1v) is 22.3. The predicted octanol–water partition coefficient (Wildman–Crippen LogP) is 16.4. The molecule has 1 spiro atoms. The number of rotatable bonds is 3. The van der Waals surface area contributed by atoms with Crippen molar-refractivity contribution in [1.82, 2.24) is 0 Å². The molecule has 0 bridgehead atoms. The summed E-state index contributed by atoms with van der Waals surface area (Å²) in [6.07, 6.45) is 0. The van der Waals surface area contributed by atoms with Gasteiger partial charge in [-0.15, -0.1) is 0 Å². The first-order valence-electron chi connectivity index (χ1n) is 22.3. The van der Waals surface area contributed by atoms with Crippen LogP contribution in [-0.4, -0.2) is 0 Å². The van der Waals surface area contributed by atoms with Gasteiger partial charge in [0.05, 0.1) is 5.41 Å². The molecule has 1 nitrogen and oxygen atoms in total. The van der Waals surface area contributed by atoms with E-state index in [0.717, 1.165) is 17.1 Å². The van der Waals surface area contributed by atoms with Gasteiger partial charge in [-0.2, -0.15) is 0 Å². The van der Waals surface area contributed by atoms with Crippen molar-refractivity contribution < 1.29 is 0 Å². The lowest BCUT2D eigenvalue weighted by Crippen LogP contribution is -2.26. The smallest absolute Gasteiger partial charge is 0.0726 e. The van der Waals surface area contributed by atoms with Crippen molar-refractivity contribution in [2.75, 3.05) is 4.90 Å². The van der Waals surface area contributed by atoms with Crippen LogP contribution in [0.1, 0.15) is 47.2 Å². The van der Waals surface area contributed by atoms with E-state index < -0.39 is 5.41 Å². The summed E-state index contributed by atoms with van der Waals surface area (Å²) in [5, 5.41) is 10.3. The average molecular weight is 800 g/mol. The first kappa shape index (κ1) is 34.9. The van der Waals surface area contributed by atoms with Crippen LogP contribution >= 0.6 is 0 Å². The minimum absolute atomic E-state index is 0.129. The molecule has 63 heavy (non-hydrogen) atoms. The predicted molar refractivity (Wildman–Crippen MR) is 265 cm³/mol. The highest BCUT2D eigenvalue weighted by Gasteiger charge is 2.52. The molecule has 0 amide bonds. The van der Waals surface area contributed by atoms with Crippen molar-refractivity contribution in [2.24, 2.45) is 0 Å². The number of benzene rings is 11. The lowest BCUT2D eigenvalue weighted by molar-refractivity contribution is 0.660. The maximum atomic E-state index is 2.57. The fourth-order valence-corrected chi connectivity index (χ4v) is 12.3. The third-order valence-corrected chi connectivity index (χ3v) is 15.0. The van der Waals surface area contributed by atoms with Crippen molar-refractivity contribution in [1.29, 1.82) is 0 Å². The Kier molecular flexibility index (Phi) is 6.89. The number of hydrogen-bond donors (Lipinski definition) is 0. The summed E-state index contributed by atoms with van der Waals surface area (Å²) in [6, 6.07) is 80.5. The van der Waals surface area contributed by atoms with Gasteiger partial charge in [0, 0.05) is 22.5 Å². The second-order valence-corrected chi connectivity index (χ2v) is 18.4. The highest BCUT2D eigenvalue weighted by molar-refractivity contribution is 6.26. The van der Waals surface area contributed by atoms with Crippen molar-refractivity contribution in [3.63, 3.8) is 0 Å². The van der Waals surface area contributed by atoms with Crippen molar-refractivity contribution in [3.8, 4) is 33.4 Å². The topological polar surface area (TPSA) is 3.24 Å². The van der Waals surface area contributed by atoms with Crippen LogP contribution in [-0.2, 0) is 10.8 Å². The monoisotopic (exact) mass is 799 g/mol. The molecule has 3 aliphatic rings. The van der Waals surface area contributed by atoms with E-state index in [1.807, 2.05) is 0 Å². The highest BCUT2D eigenvalue weighted by atomic mass is 15.1. The van der Waals surface area contributed by atoms with Gasteiger partial charge in [-0.1, -0.05) is 178 Å². The van der Waals surface area contributed by atoms with Crippen LogP contribution in [0.25, 0.3) is 76.5 Å². The molecule has 1 unspecified atom stereocenters. The fourth-order valence-electron chi connectivity index (χ4n) is 12.3. The van der Waals surface area contributed by atoms with Crippen molar-refractivity contribution in [2.45, 2.75) is 24.7 Å². The molecule has 0 aromatic heterocycles. The normalized spacial score (nSPS) is 16.0. The zero-order chi connectivity index (χ0) is 41.6. The third-order valence-electron chi connectivity index (χ3n) is 15.0. The molecular weight excluding hydrogens is 759 g/mol. The Morgan fingerprint density at radius 3 is 1.33 bits per heavy atom. The van der Waals surface area contributed by atoms with E-state index in [4.69, 9.17) is 0 Å². The molecule has 0 saturated carbocycles. The van der Waals surface area contributed by atoms with E-state index in [1.54, 1.807) is 0 Å². The molecule has 0 radical (unpaired) electrons. The maximum absolute atomic E-state index is 2.57. The average Bonchev–Trinajstić information content (AvgIpc) is 3.89. The molecule has 1 heteroatoms. The second-order valence-electron chi connectivity index (χ2n) is 18.4. The maximum Gasteiger partial charge on any atom is 0.0726 e. The number of nitrogens with zero attached hydrogens (tertiary/aromatic N) is 1. The summed E-state index contributed by atoms with van der Waals surface area (Å²) < 4.78 is 0. The van der Waals surface area contributed by atoms with Crippen LogP contribution in [0, 0.1) is 0 Å². The molecular formula is C62H41N. The van der Waals surface area contributed by atoms with Gasteiger partial charge in [-0.3, -0.25) is 0 Å². The Bertz CT molecular complexity index is 3790. The van der Waals surface area contributed by atoms with Crippen LogP contribution < -0.4 is 4.90 Å². The second kappa shape index (κ2) is 12.4. The lowest BCUT2D eigenvalue weighted by Gasteiger charge is -2.33. The van der Waals surface area contributed by atoms with E-state index in [2.05, 4.69) is 231 Å². The highest BCUT2D eigenvalue weighted by Crippen LogP contribution is 2.64. The molecule has 11 aromatic rings. The lowest BCUT2D eigenvalue weighted by atomic mass is 9.70. The molecule has 3 aliphatic carbocycles. The summed E-state index contributed by atoms with van der Waals surface area (Å²) in [4.78, 5) is 2.50. The molecule has 0 N–H and O–H groups in total. The molecule has 0 aliphatic heterocycles. The Balaban J connectivity index is 1.06. The van der Waals surface area contributed by atoms with E-state index in [9.17, 15) is 0 Å². The SMILES string of the molecule is CC1(C)c2ccccc2-c2ccc(N(c3ccc4c(c3)C3(c5ccccc5-4)c4ccccc4-c4cc5c6ccccc6c6ccccc6c5cc43)c3ccc4ccccc4c3)cc21. The van der Waals surface area contributed by atoms with Crippen LogP contribution in [0.3, 0.4) is 0 Å². The van der Waals surface area contributed by atoms with Crippen LogP contribution in [0.5, 0.6) is 0 Å². The Labute approximate surface area is 367 Å². The number of anilines is 3. The van der Waals surface area contributed by atoms with Crippen LogP contribution in [0.2, 0.25) is 0 Å². The fraction of sp³-hybridized carbons (Fsp3) is 0.0645. The van der Waals surface area contributed by atoms with Gasteiger partial charge < -0.3 is 4.90 Å². The van der Waals surface area contributed by atoms with Crippen molar-refractivity contribution >= 4 is 60.2 Å². The Morgan fingerprint density at radius 2 is 0.683 bits per heavy atom. The Hall–Kier alpha value is -7.74. The van der Waals surface area contributed by atoms with E-state index >= 15 is 0 Å². The zero-order valence-corrected chi connectivity index (χ0v) is 35.2. The summed E-state index contributed by atoms with van der Waals surface area (Å²) >= 11 is 0. The first-order chi connectivity index (χ1) is 31.0. The van der Waals surface area contributed by atoms with Crippen LogP contribution in [0.15, 0.2) is 212 Å². The quantitative estimate of drug-likeness (QED) is 0.161. The minimum atomic E-state index is -0.522. The minimum Gasteiger partial charge on any atom is -0.310 e. The third kappa shape index (κ3) is 4.51. The summed E-state index contributed by atoms with van der Waals surface area (Å²) in [5.74, 6) is 0. The molecule has 14 rings (SSSR count). The molecule has 11 aromatic carbocycles. The van der Waals surface area contributed by atoms with Gasteiger partial charge in [-0.25, -0.2) is 0 Å². The number of fused-ring (bicyclic) bond motifs is 20. The van der Waals surface area contributed by atoms with Crippen LogP contribution in [0.4, 0.5) is 17.1 Å². The van der Waals surface area contributed by atoms with Crippen molar-refractivity contribution in [3.05, 3.63) is 246 Å². The largest absolute Gasteiger partial charge is 0.310 e. The van der Waals surface area contributed by atoms with Gasteiger partial charge in [0.1, 0.15) is 0 Å². The summed E-state index contributed by atoms with van der Waals surface area (Å²) in [6.45, 7) is 4.76. The molecule has 0 saturated heterocycles. The zero-order valence-electron chi connectivity index (χ0n) is 35.2. The van der Waals surface area contributed by atoms with E-state index in [0.29, 0.717) is 0 Å². The number of hydrogen-bond acceptors (Lipinski definition) is 1. The molecule has 294 valence electrons. The van der Waals surface area contributed by atoms with Gasteiger partial charge in [-0.05, 0) is 158 Å². The van der Waals surface area contributed by atoms with E-state index in [-0.39, 0.29) is 5.41 Å². The van der Waals surface area contributed by atoms with Gasteiger partial charge >= 0.3 is 0 Å². The summed E-state index contributed by atoms with van der Waals surface area (Å²) in [5.41, 5.74) is 18.8. The summed E-state index contributed by atoms with van der Waals surface area (Å²) in [7, 11) is 0. The molecule has 1 atom stereocenters.